The quantitative estimate of drug-likeness (QED) is 0.443. The molecule has 3 rings (SSSR count). The zero-order valence-electron chi connectivity index (χ0n) is 14.0. The van der Waals surface area contributed by atoms with Crippen LogP contribution in [-0.4, -0.2) is 46.8 Å². The van der Waals surface area contributed by atoms with Crippen molar-refractivity contribution in [3.8, 4) is 0 Å². The summed E-state index contributed by atoms with van der Waals surface area (Å²) in [6.07, 6.45) is 2.93. The number of amides is 1. The van der Waals surface area contributed by atoms with E-state index in [1.807, 2.05) is 12.1 Å². The molecule has 26 heavy (non-hydrogen) atoms. The van der Waals surface area contributed by atoms with Gasteiger partial charge in [-0.15, -0.1) is 11.3 Å². The molecule has 8 heteroatoms. The van der Waals surface area contributed by atoms with Gasteiger partial charge in [-0.3, -0.25) is 19.8 Å². The van der Waals surface area contributed by atoms with E-state index in [0.29, 0.717) is 18.7 Å². The molecule has 0 aliphatic carbocycles. The summed E-state index contributed by atoms with van der Waals surface area (Å²) in [5.41, 5.74) is 0.426. The molecule has 1 aromatic carbocycles. The van der Waals surface area contributed by atoms with Gasteiger partial charge in [-0.25, -0.2) is 0 Å². The predicted octanol–water partition coefficient (Wildman–Crippen LogP) is 3.67. The lowest BCUT2D eigenvalue weighted by molar-refractivity contribution is -0.385. The van der Waals surface area contributed by atoms with E-state index in [0.717, 1.165) is 24.0 Å². The van der Waals surface area contributed by atoms with Crippen LogP contribution in [0.25, 0.3) is 6.08 Å². The molecule has 136 valence electrons. The largest absolute Gasteiger partial charge is 0.337 e. The van der Waals surface area contributed by atoms with Crippen molar-refractivity contribution >= 4 is 40.6 Å². The van der Waals surface area contributed by atoms with Gasteiger partial charge in [0.25, 0.3) is 5.69 Å². The summed E-state index contributed by atoms with van der Waals surface area (Å²) in [4.78, 5) is 28.2. The number of para-hydroxylation sites is 1. The van der Waals surface area contributed by atoms with Crippen molar-refractivity contribution in [2.45, 2.75) is 6.54 Å². The molecule has 2 heterocycles. The van der Waals surface area contributed by atoms with Gasteiger partial charge in [-0.05, 0) is 24.3 Å². The predicted molar refractivity (Wildman–Crippen MR) is 103 cm³/mol. The average molecular weight is 392 g/mol. The number of nitro groups is 1. The second-order valence-electron chi connectivity index (χ2n) is 5.96. The van der Waals surface area contributed by atoms with E-state index in [1.165, 1.54) is 23.1 Å². The van der Waals surface area contributed by atoms with Gasteiger partial charge in [0.05, 0.1) is 14.8 Å². The zero-order valence-corrected chi connectivity index (χ0v) is 15.6. The van der Waals surface area contributed by atoms with E-state index in [4.69, 9.17) is 11.6 Å². The minimum Gasteiger partial charge on any atom is -0.337 e. The molecule has 1 saturated heterocycles. The third kappa shape index (κ3) is 4.69. The van der Waals surface area contributed by atoms with Crippen LogP contribution in [0.5, 0.6) is 0 Å². The number of hydrogen-bond donors (Lipinski definition) is 0. The summed E-state index contributed by atoms with van der Waals surface area (Å²) in [5, 5.41) is 11.0. The van der Waals surface area contributed by atoms with E-state index < -0.39 is 4.92 Å². The molecule has 0 N–H and O–H groups in total. The van der Waals surface area contributed by atoms with Crippen molar-refractivity contribution < 1.29 is 9.72 Å². The second-order valence-corrected chi connectivity index (χ2v) is 7.76. The molecular weight excluding hydrogens is 374 g/mol. The fraction of sp³-hybridized carbons (Fsp3) is 0.278. The number of nitrogens with zero attached hydrogens (tertiary/aromatic N) is 3. The van der Waals surface area contributed by atoms with Crippen LogP contribution in [0.2, 0.25) is 4.34 Å². The van der Waals surface area contributed by atoms with E-state index in [-0.39, 0.29) is 11.6 Å². The molecule has 1 aromatic heterocycles. The Morgan fingerprint density at radius 1 is 1.19 bits per heavy atom. The monoisotopic (exact) mass is 391 g/mol. The van der Waals surface area contributed by atoms with E-state index >= 15 is 0 Å². The number of carbonyl (C=O) groups is 1. The van der Waals surface area contributed by atoms with Gasteiger partial charge in [0.15, 0.2) is 0 Å². The van der Waals surface area contributed by atoms with Gasteiger partial charge in [-0.2, -0.15) is 0 Å². The Morgan fingerprint density at radius 3 is 2.58 bits per heavy atom. The number of hydrogen-bond acceptors (Lipinski definition) is 5. The molecule has 0 spiro atoms. The van der Waals surface area contributed by atoms with Gasteiger partial charge in [-0.1, -0.05) is 23.7 Å². The first kappa shape index (κ1) is 18.6. The number of thiophene rings is 1. The molecule has 0 saturated carbocycles. The topological polar surface area (TPSA) is 66.7 Å². The normalized spacial score (nSPS) is 15.5. The van der Waals surface area contributed by atoms with Crippen LogP contribution in [0.15, 0.2) is 42.5 Å². The van der Waals surface area contributed by atoms with Gasteiger partial charge in [0, 0.05) is 49.7 Å². The minimum absolute atomic E-state index is 0.00372. The minimum atomic E-state index is -0.445. The first-order valence-electron chi connectivity index (χ1n) is 8.20. The summed E-state index contributed by atoms with van der Waals surface area (Å²) < 4.78 is 0.786. The third-order valence-electron chi connectivity index (χ3n) is 4.23. The van der Waals surface area contributed by atoms with Gasteiger partial charge >= 0.3 is 0 Å². The third-order valence-corrected chi connectivity index (χ3v) is 5.45. The molecule has 0 bridgehead atoms. The maximum absolute atomic E-state index is 12.4. The molecule has 0 radical (unpaired) electrons. The maximum atomic E-state index is 12.4. The number of nitro benzene ring substituents is 1. The number of piperazine rings is 1. The standard InChI is InChI=1S/C18H18ClN3O3S/c19-17-7-6-15(26-17)13-20-9-11-21(12-10-20)18(23)8-5-14-3-1-2-4-16(14)22(24)25/h1-8H,9-13H2/b8-5+. The van der Waals surface area contributed by atoms with Crippen molar-refractivity contribution in [3.05, 3.63) is 67.4 Å². The van der Waals surface area contributed by atoms with Gasteiger partial charge in [0.1, 0.15) is 0 Å². The molecule has 0 unspecified atom stereocenters. The van der Waals surface area contributed by atoms with Crippen LogP contribution in [-0.2, 0) is 11.3 Å². The first-order valence-corrected chi connectivity index (χ1v) is 9.39. The molecular formula is C18H18ClN3O3S. The number of benzene rings is 1. The highest BCUT2D eigenvalue weighted by molar-refractivity contribution is 7.16. The van der Waals surface area contributed by atoms with Crippen LogP contribution in [0.1, 0.15) is 10.4 Å². The molecule has 1 aliphatic heterocycles. The Bertz CT molecular complexity index is 829. The Labute approximate surface area is 160 Å². The fourth-order valence-corrected chi connectivity index (χ4v) is 3.97. The van der Waals surface area contributed by atoms with E-state index in [2.05, 4.69) is 4.90 Å². The summed E-state index contributed by atoms with van der Waals surface area (Å²) in [5.74, 6) is -0.123. The van der Waals surface area contributed by atoms with Gasteiger partial charge < -0.3 is 4.90 Å². The SMILES string of the molecule is O=C(/C=C/c1ccccc1[N+](=O)[O-])N1CCN(Cc2ccc(Cl)s2)CC1. The lowest BCUT2D eigenvalue weighted by atomic mass is 10.1. The van der Waals surface area contributed by atoms with E-state index in [9.17, 15) is 14.9 Å². The van der Waals surface area contributed by atoms with Crippen molar-refractivity contribution in [1.82, 2.24) is 9.80 Å². The lowest BCUT2D eigenvalue weighted by Crippen LogP contribution is -2.47. The Morgan fingerprint density at radius 2 is 1.92 bits per heavy atom. The Balaban J connectivity index is 1.54. The molecule has 6 nitrogen and oxygen atoms in total. The summed E-state index contributed by atoms with van der Waals surface area (Å²) in [7, 11) is 0. The molecule has 1 amide bonds. The van der Waals surface area contributed by atoms with Crippen LogP contribution in [0.3, 0.4) is 0 Å². The molecule has 2 aromatic rings. The summed E-state index contributed by atoms with van der Waals surface area (Å²) >= 11 is 7.53. The number of rotatable bonds is 5. The van der Waals surface area contributed by atoms with Crippen molar-refractivity contribution in [2.75, 3.05) is 26.2 Å². The molecule has 0 atom stereocenters. The maximum Gasteiger partial charge on any atom is 0.276 e. The van der Waals surface area contributed by atoms with Gasteiger partial charge in [0.2, 0.25) is 5.91 Å². The number of halogens is 1. The Kier molecular flexibility index (Phi) is 6.03. The first-order chi connectivity index (χ1) is 12.5. The van der Waals surface area contributed by atoms with Crippen LogP contribution >= 0.6 is 22.9 Å². The molecule has 1 fully saturated rings. The second kappa shape index (κ2) is 8.44. The highest BCUT2D eigenvalue weighted by atomic mass is 35.5. The zero-order chi connectivity index (χ0) is 18.5. The van der Waals surface area contributed by atoms with Crippen LogP contribution in [0.4, 0.5) is 5.69 Å². The van der Waals surface area contributed by atoms with Crippen LogP contribution < -0.4 is 0 Å². The lowest BCUT2D eigenvalue weighted by Gasteiger charge is -2.33. The smallest absolute Gasteiger partial charge is 0.276 e. The summed E-state index contributed by atoms with van der Waals surface area (Å²) in [6, 6.07) is 10.3. The van der Waals surface area contributed by atoms with Crippen molar-refractivity contribution in [2.24, 2.45) is 0 Å². The van der Waals surface area contributed by atoms with Crippen molar-refractivity contribution in [3.63, 3.8) is 0 Å². The summed E-state index contributed by atoms with van der Waals surface area (Å²) in [6.45, 7) is 3.70. The fourth-order valence-electron chi connectivity index (χ4n) is 2.84. The number of carbonyl (C=O) groups excluding carboxylic acids is 1. The average Bonchev–Trinajstić information content (AvgIpc) is 3.05. The van der Waals surface area contributed by atoms with Crippen molar-refractivity contribution in [1.29, 1.82) is 0 Å². The van der Waals surface area contributed by atoms with Crippen LogP contribution in [0, 0.1) is 10.1 Å². The highest BCUT2D eigenvalue weighted by Crippen LogP contribution is 2.23. The Hall–Kier alpha value is -2.22. The molecule has 1 aliphatic rings. The van der Waals surface area contributed by atoms with E-state index in [1.54, 1.807) is 34.4 Å². The highest BCUT2D eigenvalue weighted by Gasteiger charge is 2.20.